The van der Waals surface area contributed by atoms with Crippen molar-refractivity contribution in [3.8, 4) is 0 Å². The van der Waals surface area contributed by atoms with Crippen molar-refractivity contribution >= 4 is 24.0 Å². The molecule has 1 aliphatic carbocycles. The number of hydrogen-bond donors (Lipinski definition) is 1. The Morgan fingerprint density at radius 1 is 1.04 bits per heavy atom. The summed E-state index contributed by atoms with van der Waals surface area (Å²) >= 11 is 0. The number of amides is 2. The van der Waals surface area contributed by atoms with Crippen LogP contribution >= 0.6 is 0 Å². The molecule has 4 heterocycles. The topological polar surface area (TPSA) is 130 Å². The summed E-state index contributed by atoms with van der Waals surface area (Å²) in [5.74, 6) is -0.842. The summed E-state index contributed by atoms with van der Waals surface area (Å²) in [5.41, 5.74) is -0.199. The highest BCUT2D eigenvalue weighted by molar-refractivity contribution is 5.94. The predicted octanol–water partition coefficient (Wildman–Crippen LogP) is 4.47. The number of rotatable bonds is 8. The van der Waals surface area contributed by atoms with Crippen molar-refractivity contribution in [1.82, 2.24) is 30.3 Å². The average molecular weight is 639 g/mol. The SMILES string of the molecule is CCc1noc(N2CCC(N(C(=O)c3cnc(N4C[C@H](NC(=O)OC(C)(C)C)[C@@H](c5cc(F)ccc5F)C4)nc3)C3CC3)CC2)n1. The standard InChI is InChI=1S/C32H40F2N8O4/c1-5-27-38-30(46-39-27)40-12-10-22(11-13-40)42(21-7-8-21)28(43)19-15-35-29(36-16-19)41-17-24(23-14-20(33)6-9-25(23)34)26(18-41)37-31(44)45-32(2,3)4/h6,9,14-16,21-22,24,26H,5,7-8,10-13,17-18H2,1-4H3,(H,37,44)/t24-,26+/m1/s1. The van der Waals surface area contributed by atoms with Gasteiger partial charge >= 0.3 is 12.1 Å². The van der Waals surface area contributed by atoms with Gasteiger partial charge in [0.05, 0.1) is 11.6 Å². The van der Waals surface area contributed by atoms with Crippen molar-refractivity contribution in [2.24, 2.45) is 0 Å². The molecule has 6 rings (SSSR count). The zero-order chi connectivity index (χ0) is 32.6. The van der Waals surface area contributed by atoms with Crippen molar-refractivity contribution in [2.75, 3.05) is 36.0 Å². The minimum absolute atomic E-state index is 0.0738. The lowest BCUT2D eigenvalue weighted by atomic mass is 9.94. The van der Waals surface area contributed by atoms with Gasteiger partial charge in [0.2, 0.25) is 5.95 Å². The van der Waals surface area contributed by atoms with E-state index in [1.54, 1.807) is 25.7 Å². The molecule has 2 aliphatic heterocycles. The lowest BCUT2D eigenvalue weighted by Crippen LogP contribution is -2.48. The van der Waals surface area contributed by atoms with Gasteiger partial charge in [-0.05, 0) is 70.2 Å². The van der Waals surface area contributed by atoms with Crippen LogP contribution < -0.4 is 15.1 Å². The van der Waals surface area contributed by atoms with Gasteiger partial charge in [-0.15, -0.1) is 0 Å². The van der Waals surface area contributed by atoms with Gasteiger partial charge < -0.3 is 29.3 Å². The second-order valence-electron chi connectivity index (χ2n) is 13.2. The molecule has 14 heteroatoms. The van der Waals surface area contributed by atoms with Crippen LogP contribution in [0.3, 0.4) is 0 Å². The molecule has 0 spiro atoms. The Kier molecular flexibility index (Phi) is 8.80. The number of carbonyl (C=O) groups is 2. The number of hydrogen-bond acceptors (Lipinski definition) is 10. The fraction of sp³-hybridized carbons (Fsp3) is 0.562. The van der Waals surface area contributed by atoms with Crippen LogP contribution in [-0.4, -0.2) is 86.9 Å². The minimum atomic E-state index is -0.731. The zero-order valence-electron chi connectivity index (χ0n) is 26.6. The van der Waals surface area contributed by atoms with Crippen LogP contribution in [0.5, 0.6) is 0 Å². The van der Waals surface area contributed by atoms with Crippen LogP contribution in [0.25, 0.3) is 0 Å². The van der Waals surface area contributed by atoms with Gasteiger partial charge in [-0.1, -0.05) is 12.1 Å². The second kappa shape index (κ2) is 12.8. The Labute approximate surface area is 266 Å². The van der Waals surface area contributed by atoms with E-state index in [4.69, 9.17) is 9.26 Å². The van der Waals surface area contributed by atoms with Crippen molar-refractivity contribution in [3.05, 3.63) is 59.2 Å². The number of nitrogens with one attached hydrogen (secondary N) is 1. The highest BCUT2D eigenvalue weighted by Crippen LogP contribution is 2.35. The molecule has 46 heavy (non-hydrogen) atoms. The third kappa shape index (κ3) is 7.05. The van der Waals surface area contributed by atoms with Crippen LogP contribution in [0, 0.1) is 11.6 Å². The van der Waals surface area contributed by atoms with E-state index in [0.717, 1.165) is 43.9 Å². The van der Waals surface area contributed by atoms with Gasteiger partial charge in [-0.3, -0.25) is 4.79 Å². The highest BCUT2D eigenvalue weighted by Gasteiger charge is 2.41. The maximum atomic E-state index is 14.9. The van der Waals surface area contributed by atoms with Crippen LogP contribution in [-0.2, 0) is 11.2 Å². The molecule has 0 unspecified atom stereocenters. The molecule has 2 aromatic heterocycles. The van der Waals surface area contributed by atoms with Gasteiger partial charge in [0.1, 0.15) is 17.2 Å². The number of aryl methyl sites for hydroxylation is 1. The van der Waals surface area contributed by atoms with Gasteiger partial charge in [-0.2, -0.15) is 4.98 Å². The summed E-state index contributed by atoms with van der Waals surface area (Å²) in [6, 6.07) is 3.48. The van der Waals surface area contributed by atoms with Crippen LogP contribution in [0.1, 0.15) is 81.0 Å². The van der Waals surface area contributed by atoms with E-state index < -0.39 is 35.3 Å². The van der Waals surface area contributed by atoms with E-state index >= 15 is 0 Å². The first-order valence-electron chi connectivity index (χ1n) is 15.9. The summed E-state index contributed by atoms with van der Waals surface area (Å²) in [5, 5.41) is 6.82. The Morgan fingerprint density at radius 2 is 1.74 bits per heavy atom. The predicted molar refractivity (Wildman–Crippen MR) is 165 cm³/mol. The summed E-state index contributed by atoms with van der Waals surface area (Å²) in [6.07, 6.45) is 6.58. The Balaban J connectivity index is 1.15. The van der Waals surface area contributed by atoms with Crippen molar-refractivity contribution in [2.45, 2.75) is 89.4 Å². The largest absolute Gasteiger partial charge is 0.444 e. The first kappa shape index (κ1) is 31.6. The van der Waals surface area contributed by atoms with Gasteiger partial charge in [0, 0.05) is 63.0 Å². The third-order valence-corrected chi connectivity index (χ3v) is 8.62. The molecule has 1 aromatic carbocycles. The summed E-state index contributed by atoms with van der Waals surface area (Å²) in [4.78, 5) is 45.8. The molecular weight excluding hydrogens is 598 g/mol. The molecule has 246 valence electrons. The Morgan fingerprint density at radius 3 is 2.37 bits per heavy atom. The fourth-order valence-corrected chi connectivity index (χ4v) is 6.26. The van der Waals surface area contributed by atoms with E-state index in [1.165, 1.54) is 12.4 Å². The number of alkyl carbamates (subject to hydrolysis) is 1. The molecule has 3 aromatic rings. The number of nitrogens with zero attached hydrogens (tertiary/aromatic N) is 7. The maximum Gasteiger partial charge on any atom is 0.407 e. The molecular formula is C32H40F2N8O4. The lowest BCUT2D eigenvalue weighted by molar-refractivity contribution is 0.0503. The zero-order valence-corrected chi connectivity index (χ0v) is 26.6. The molecule has 0 radical (unpaired) electrons. The molecule has 2 saturated heterocycles. The number of anilines is 2. The van der Waals surface area contributed by atoms with E-state index in [0.29, 0.717) is 42.9 Å². The van der Waals surface area contributed by atoms with E-state index in [2.05, 4.69) is 30.3 Å². The van der Waals surface area contributed by atoms with Gasteiger partial charge in [-0.25, -0.2) is 23.5 Å². The number of aromatic nitrogens is 4. The van der Waals surface area contributed by atoms with Gasteiger partial charge in [0.15, 0.2) is 5.82 Å². The Hall–Kier alpha value is -4.36. The molecule has 1 saturated carbocycles. The van der Waals surface area contributed by atoms with Crippen molar-refractivity contribution in [1.29, 1.82) is 0 Å². The smallest absolute Gasteiger partial charge is 0.407 e. The van der Waals surface area contributed by atoms with Crippen LogP contribution in [0.15, 0.2) is 35.1 Å². The van der Waals surface area contributed by atoms with Crippen molar-refractivity contribution in [3.63, 3.8) is 0 Å². The Bertz CT molecular complexity index is 1550. The van der Waals surface area contributed by atoms with Crippen molar-refractivity contribution < 1.29 is 27.6 Å². The van der Waals surface area contributed by atoms with E-state index in [9.17, 15) is 18.4 Å². The molecule has 2 amide bonds. The molecule has 3 fully saturated rings. The number of ether oxygens (including phenoxy) is 1. The second-order valence-corrected chi connectivity index (χ2v) is 13.2. The molecule has 0 bridgehead atoms. The van der Waals surface area contributed by atoms with Gasteiger partial charge in [0.25, 0.3) is 5.91 Å². The maximum absolute atomic E-state index is 14.9. The minimum Gasteiger partial charge on any atom is -0.444 e. The van der Waals surface area contributed by atoms with E-state index in [1.807, 2.05) is 11.8 Å². The quantitative estimate of drug-likeness (QED) is 0.377. The number of benzene rings is 1. The molecule has 3 aliphatic rings. The lowest BCUT2D eigenvalue weighted by Gasteiger charge is -2.38. The fourth-order valence-electron chi connectivity index (χ4n) is 6.26. The first-order chi connectivity index (χ1) is 22.0. The summed E-state index contributed by atoms with van der Waals surface area (Å²) in [6.45, 7) is 9.11. The number of carbonyl (C=O) groups excluding carboxylic acids is 2. The summed E-state index contributed by atoms with van der Waals surface area (Å²) < 4.78 is 39.9. The molecule has 2 atom stereocenters. The highest BCUT2D eigenvalue weighted by atomic mass is 19.1. The normalized spacial score (nSPS) is 20.6. The van der Waals surface area contributed by atoms with Crippen LogP contribution in [0.2, 0.25) is 0 Å². The van der Waals surface area contributed by atoms with E-state index in [-0.39, 0.29) is 36.6 Å². The van der Waals surface area contributed by atoms with Crippen LogP contribution in [0.4, 0.5) is 25.5 Å². The average Bonchev–Trinajstić information content (AvgIpc) is 3.58. The number of halogens is 2. The first-order valence-corrected chi connectivity index (χ1v) is 15.9. The molecule has 1 N–H and O–H groups in total. The molecule has 12 nitrogen and oxygen atoms in total. The summed E-state index contributed by atoms with van der Waals surface area (Å²) in [7, 11) is 0. The number of piperidine rings is 1. The monoisotopic (exact) mass is 638 g/mol. The third-order valence-electron chi connectivity index (χ3n) is 8.62.